The fourth-order valence-electron chi connectivity index (χ4n) is 3.07. The van der Waals surface area contributed by atoms with E-state index in [0.717, 1.165) is 10.9 Å². The number of rotatable bonds is 8. The zero-order chi connectivity index (χ0) is 21.0. The van der Waals surface area contributed by atoms with Crippen LogP contribution in [0.3, 0.4) is 0 Å². The van der Waals surface area contributed by atoms with Gasteiger partial charge < -0.3 is 14.5 Å². The Morgan fingerprint density at radius 1 is 1.10 bits per heavy atom. The Morgan fingerprint density at radius 2 is 1.79 bits per heavy atom. The highest BCUT2D eigenvalue weighted by atomic mass is 32.2. The monoisotopic (exact) mass is 416 g/mol. The van der Waals surface area contributed by atoms with Crippen LogP contribution in [-0.4, -0.2) is 38.8 Å². The molecule has 29 heavy (non-hydrogen) atoms. The van der Waals surface area contributed by atoms with Gasteiger partial charge in [0.05, 0.1) is 12.0 Å². The molecular weight excluding hydrogens is 392 g/mol. The number of carbonyl (C=O) groups excluding carboxylic acids is 1. The van der Waals surface area contributed by atoms with Crippen LogP contribution in [0.1, 0.15) is 30.0 Å². The first-order chi connectivity index (χ1) is 13.9. The standard InChI is InChI=1S/C21H24N2O5S/c1-4-23(5-2)29(25,26)17-11-9-15(10-12-17)14-22-21(24)19-13-16-7-6-8-18(27-3)20(16)28-19/h6-13H,4-5,14H2,1-3H3,(H,22,24). The van der Waals surface area contributed by atoms with Crippen molar-refractivity contribution < 1.29 is 22.4 Å². The summed E-state index contributed by atoms with van der Waals surface area (Å²) in [7, 11) is -1.95. The minimum Gasteiger partial charge on any atom is -0.493 e. The van der Waals surface area contributed by atoms with Gasteiger partial charge in [-0.05, 0) is 29.8 Å². The lowest BCUT2D eigenvalue weighted by Crippen LogP contribution is -2.30. The molecule has 3 aromatic rings. The number of nitrogens with zero attached hydrogens (tertiary/aromatic N) is 1. The molecule has 7 nitrogen and oxygen atoms in total. The fraction of sp³-hybridized carbons (Fsp3) is 0.286. The molecule has 2 aromatic carbocycles. The molecular formula is C21H24N2O5S. The van der Waals surface area contributed by atoms with Crippen molar-refractivity contribution in [2.24, 2.45) is 0 Å². The molecule has 0 saturated carbocycles. The van der Waals surface area contributed by atoms with Crippen molar-refractivity contribution in [2.75, 3.05) is 20.2 Å². The Morgan fingerprint density at radius 3 is 2.41 bits per heavy atom. The maximum absolute atomic E-state index is 12.5. The van der Waals surface area contributed by atoms with Gasteiger partial charge >= 0.3 is 0 Å². The molecule has 3 rings (SSSR count). The number of amides is 1. The van der Waals surface area contributed by atoms with Crippen molar-refractivity contribution in [2.45, 2.75) is 25.3 Å². The summed E-state index contributed by atoms with van der Waals surface area (Å²) in [5.74, 6) is 0.389. The molecule has 0 aliphatic heterocycles. The smallest absolute Gasteiger partial charge is 0.287 e. The second kappa shape index (κ2) is 8.67. The van der Waals surface area contributed by atoms with Gasteiger partial charge in [0.2, 0.25) is 10.0 Å². The topological polar surface area (TPSA) is 88.9 Å². The molecule has 0 fully saturated rings. The zero-order valence-electron chi connectivity index (χ0n) is 16.6. The van der Waals surface area contributed by atoms with E-state index in [1.807, 2.05) is 12.1 Å². The largest absolute Gasteiger partial charge is 0.493 e. The van der Waals surface area contributed by atoms with E-state index in [-0.39, 0.29) is 23.1 Å². The first-order valence-corrected chi connectivity index (χ1v) is 10.8. The van der Waals surface area contributed by atoms with Crippen LogP contribution in [0.4, 0.5) is 0 Å². The van der Waals surface area contributed by atoms with Gasteiger partial charge in [-0.3, -0.25) is 4.79 Å². The molecule has 0 unspecified atom stereocenters. The number of furan rings is 1. The number of hydrogen-bond donors (Lipinski definition) is 1. The van der Waals surface area contributed by atoms with Crippen LogP contribution >= 0.6 is 0 Å². The highest BCUT2D eigenvalue weighted by molar-refractivity contribution is 7.89. The minimum atomic E-state index is -3.49. The summed E-state index contributed by atoms with van der Waals surface area (Å²) >= 11 is 0. The van der Waals surface area contributed by atoms with Crippen LogP contribution in [0, 0.1) is 0 Å². The number of fused-ring (bicyclic) bond motifs is 1. The van der Waals surface area contributed by atoms with Gasteiger partial charge in [0.1, 0.15) is 0 Å². The molecule has 0 saturated heterocycles. The van der Waals surface area contributed by atoms with Crippen molar-refractivity contribution in [1.29, 1.82) is 0 Å². The lowest BCUT2D eigenvalue weighted by molar-refractivity contribution is 0.0925. The van der Waals surface area contributed by atoms with Crippen LogP contribution in [0.5, 0.6) is 5.75 Å². The summed E-state index contributed by atoms with van der Waals surface area (Å²) in [6.07, 6.45) is 0. The van der Waals surface area contributed by atoms with Gasteiger partial charge in [-0.25, -0.2) is 8.42 Å². The Hall–Kier alpha value is -2.84. The van der Waals surface area contributed by atoms with E-state index in [4.69, 9.17) is 9.15 Å². The third kappa shape index (κ3) is 4.28. The third-order valence-electron chi connectivity index (χ3n) is 4.67. The van der Waals surface area contributed by atoms with Gasteiger partial charge in [-0.15, -0.1) is 0 Å². The second-order valence-corrected chi connectivity index (χ2v) is 8.34. The average Bonchev–Trinajstić information content (AvgIpc) is 3.17. The van der Waals surface area contributed by atoms with Crippen LogP contribution in [0.2, 0.25) is 0 Å². The maximum atomic E-state index is 12.5. The molecule has 0 aliphatic rings. The SMILES string of the molecule is CCN(CC)S(=O)(=O)c1ccc(CNC(=O)c2cc3cccc(OC)c3o2)cc1. The highest BCUT2D eigenvalue weighted by Crippen LogP contribution is 2.28. The predicted octanol–water partition coefficient (Wildman–Crippen LogP) is 3.40. The van der Waals surface area contributed by atoms with Gasteiger partial charge in [0, 0.05) is 25.0 Å². The Balaban J connectivity index is 1.69. The molecule has 1 amide bonds. The molecule has 0 bridgehead atoms. The number of hydrogen-bond acceptors (Lipinski definition) is 5. The first-order valence-electron chi connectivity index (χ1n) is 9.34. The van der Waals surface area contributed by atoms with Gasteiger partial charge in [-0.1, -0.05) is 38.1 Å². The van der Waals surface area contributed by atoms with Crippen LogP contribution in [0.25, 0.3) is 11.0 Å². The quantitative estimate of drug-likeness (QED) is 0.608. The number of para-hydroxylation sites is 1. The number of sulfonamides is 1. The summed E-state index contributed by atoms with van der Waals surface area (Å²) in [6, 6.07) is 13.6. The Bertz CT molecular complexity index is 1100. The van der Waals surface area contributed by atoms with Gasteiger partial charge in [0.25, 0.3) is 5.91 Å². The molecule has 154 valence electrons. The molecule has 0 spiro atoms. The van der Waals surface area contributed by atoms with E-state index in [1.54, 1.807) is 57.4 Å². The highest BCUT2D eigenvalue weighted by Gasteiger charge is 2.21. The van der Waals surface area contributed by atoms with Crippen LogP contribution in [0.15, 0.2) is 57.8 Å². The van der Waals surface area contributed by atoms with Crippen molar-refractivity contribution in [1.82, 2.24) is 9.62 Å². The number of carbonyl (C=O) groups is 1. The summed E-state index contributed by atoms with van der Waals surface area (Å²) in [5.41, 5.74) is 1.30. The van der Waals surface area contributed by atoms with Gasteiger partial charge in [0.15, 0.2) is 17.1 Å². The Labute approximate surface area is 170 Å². The molecule has 1 aromatic heterocycles. The second-order valence-electron chi connectivity index (χ2n) is 6.41. The minimum absolute atomic E-state index is 0.185. The summed E-state index contributed by atoms with van der Waals surface area (Å²) in [5, 5.41) is 3.56. The average molecular weight is 416 g/mol. The lowest BCUT2D eigenvalue weighted by atomic mass is 10.2. The van der Waals surface area contributed by atoms with Crippen molar-refractivity contribution in [3.05, 3.63) is 59.9 Å². The number of benzene rings is 2. The zero-order valence-corrected chi connectivity index (χ0v) is 17.5. The maximum Gasteiger partial charge on any atom is 0.287 e. The van der Waals surface area contributed by atoms with E-state index < -0.39 is 10.0 Å². The molecule has 0 radical (unpaired) electrons. The molecule has 8 heteroatoms. The summed E-state index contributed by atoms with van der Waals surface area (Å²) < 4.78 is 37.3. The predicted molar refractivity (Wildman–Crippen MR) is 110 cm³/mol. The summed E-state index contributed by atoms with van der Waals surface area (Å²) in [4.78, 5) is 12.7. The number of nitrogens with one attached hydrogen (secondary N) is 1. The van der Waals surface area contributed by atoms with Crippen LogP contribution < -0.4 is 10.1 Å². The van der Waals surface area contributed by atoms with Crippen molar-refractivity contribution in [3.63, 3.8) is 0 Å². The first kappa shape index (κ1) is 20.9. The normalized spacial score (nSPS) is 11.7. The van der Waals surface area contributed by atoms with Crippen molar-refractivity contribution in [3.8, 4) is 5.75 Å². The van der Waals surface area contributed by atoms with Crippen LogP contribution in [-0.2, 0) is 16.6 Å². The molecule has 0 aliphatic carbocycles. The van der Waals surface area contributed by atoms with E-state index >= 15 is 0 Å². The third-order valence-corrected chi connectivity index (χ3v) is 6.74. The summed E-state index contributed by atoms with van der Waals surface area (Å²) in [6.45, 7) is 4.69. The fourth-order valence-corrected chi connectivity index (χ4v) is 4.53. The molecule has 1 N–H and O–H groups in total. The molecule has 1 heterocycles. The molecule has 0 atom stereocenters. The van der Waals surface area contributed by atoms with Crippen molar-refractivity contribution >= 4 is 26.9 Å². The lowest BCUT2D eigenvalue weighted by Gasteiger charge is -2.18. The van der Waals surface area contributed by atoms with Gasteiger partial charge in [-0.2, -0.15) is 4.31 Å². The number of ether oxygens (including phenoxy) is 1. The Kier molecular flexibility index (Phi) is 6.24. The van der Waals surface area contributed by atoms with E-state index in [9.17, 15) is 13.2 Å². The van der Waals surface area contributed by atoms with E-state index in [1.165, 1.54) is 4.31 Å². The van der Waals surface area contributed by atoms with E-state index in [2.05, 4.69) is 5.32 Å². The van der Waals surface area contributed by atoms with E-state index in [0.29, 0.717) is 24.4 Å². The number of methoxy groups -OCH3 is 1.